The molecular weight excluding hydrogens is 267 g/mol. The summed E-state index contributed by atoms with van der Waals surface area (Å²) in [5.74, 6) is -1.15. The molecule has 1 saturated carbocycles. The van der Waals surface area contributed by atoms with Crippen LogP contribution in [0.2, 0.25) is 0 Å². The summed E-state index contributed by atoms with van der Waals surface area (Å²) < 4.78 is 37.6. The van der Waals surface area contributed by atoms with E-state index in [4.69, 9.17) is 0 Å². The molecule has 2 nitrogen and oxygen atoms in total. The number of alkyl halides is 3. The maximum atomic E-state index is 12.5. The Morgan fingerprint density at radius 2 is 1.70 bits per heavy atom. The van der Waals surface area contributed by atoms with Crippen LogP contribution < -0.4 is 5.32 Å². The van der Waals surface area contributed by atoms with E-state index in [1.807, 2.05) is 30.3 Å². The van der Waals surface area contributed by atoms with E-state index in [9.17, 15) is 18.3 Å². The van der Waals surface area contributed by atoms with Gasteiger partial charge in [0, 0.05) is 12.6 Å². The first-order chi connectivity index (χ1) is 9.47. The van der Waals surface area contributed by atoms with E-state index < -0.39 is 18.2 Å². The van der Waals surface area contributed by atoms with Gasteiger partial charge in [-0.1, -0.05) is 30.3 Å². The predicted molar refractivity (Wildman–Crippen MR) is 71.2 cm³/mol. The zero-order valence-electron chi connectivity index (χ0n) is 11.2. The van der Waals surface area contributed by atoms with Crippen molar-refractivity contribution in [3.05, 3.63) is 35.9 Å². The molecule has 1 aromatic rings. The molecule has 20 heavy (non-hydrogen) atoms. The summed E-state index contributed by atoms with van der Waals surface area (Å²) in [6, 6.07) is 9.34. The fourth-order valence-corrected chi connectivity index (χ4v) is 2.70. The molecule has 1 fully saturated rings. The van der Waals surface area contributed by atoms with Crippen LogP contribution in [0, 0.1) is 5.92 Å². The molecule has 0 aromatic heterocycles. The normalized spacial score (nSPS) is 25.4. The van der Waals surface area contributed by atoms with Gasteiger partial charge in [0.1, 0.15) is 0 Å². The second kappa shape index (κ2) is 6.59. The average Bonchev–Trinajstić information content (AvgIpc) is 2.45. The van der Waals surface area contributed by atoms with E-state index in [0.29, 0.717) is 19.4 Å². The topological polar surface area (TPSA) is 32.3 Å². The fourth-order valence-electron chi connectivity index (χ4n) is 2.70. The number of benzene rings is 1. The first kappa shape index (κ1) is 15.3. The lowest BCUT2D eigenvalue weighted by molar-refractivity contribution is -0.182. The molecule has 5 heteroatoms. The Kier molecular flexibility index (Phi) is 5.05. The van der Waals surface area contributed by atoms with Crippen LogP contribution in [0.25, 0.3) is 0 Å². The summed E-state index contributed by atoms with van der Waals surface area (Å²) in [5, 5.41) is 13.2. The monoisotopic (exact) mass is 287 g/mol. The number of rotatable bonds is 4. The lowest BCUT2D eigenvalue weighted by Gasteiger charge is -2.31. The fraction of sp³-hybridized carbons (Fsp3) is 0.600. The third kappa shape index (κ3) is 4.21. The third-order valence-electron chi connectivity index (χ3n) is 3.97. The summed E-state index contributed by atoms with van der Waals surface area (Å²) in [4.78, 5) is 0. The van der Waals surface area contributed by atoms with Gasteiger partial charge in [0.05, 0.1) is 12.0 Å². The smallest absolute Gasteiger partial charge is 0.387 e. The van der Waals surface area contributed by atoms with Crippen molar-refractivity contribution in [1.82, 2.24) is 5.32 Å². The molecule has 1 atom stereocenters. The van der Waals surface area contributed by atoms with E-state index in [0.717, 1.165) is 5.56 Å². The lowest BCUT2D eigenvalue weighted by Crippen LogP contribution is -2.38. The van der Waals surface area contributed by atoms with Gasteiger partial charge in [-0.3, -0.25) is 0 Å². The Labute approximate surface area is 117 Å². The molecule has 0 radical (unpaired) electrons. The van der Waals surface area contributed by atoms with E-state index in [1.165, 1.54) is 0 Å². The van der Waals surface area contributed by atoms with Crippen molar-refractivity contribution in [2.75, 3.05) is 6.54 Å². The second-order valence-corrected chi connectivity index (χ2v) is 5.42. The van der Waals surface area contributed by atoms with Crippen LogP contribution >= 0.6 is 0 Å². The van der Waals surface area contributed by atoms with Crippen molar-refractivity contribution in [3.63, 3.8) is 0 Å². The van der Waals surface area contributed by atoms with Gasteiger partial charge in [-0.25, -0.2) is 0 Å². The number of nitrogens with one attached hydrogen (secondary N) is 1. The molecule has 0 spiro atoms. The molecule has 112 valence electrons. The number of aliphatic hydroxyl groups is 1. The highest BCUT2D eigenvalue weighted by Crippen LogP contribution is 2.37. The Bertz CT molecular complexity index is 399. The third-order valence-corrected chi connectivity index (χ3v) is 3.97. The van der Waals surface area contributed by atoms with Crippen molar-refractivity contribution >= 4 is 0 Å². The zero-order chi connectivity index (χ0) is 14.6. The first-order valence-electron chi connectivity index (χ1n) is 7.00. The summed E-state index contributed by atoms with van der Waals surface area (Å²) >= 11 is 0. The minimum absolute atomic E-state index is 0.0759. The minimum atomic E-state index is -4.06. The standard InChI is InChI=1S/C15H20F3NO/c16-15(17,18)12-6-8-13(9-7-12)19-10-14(20)11-4-2-1-3-5-11/h1-5,12-14,19-20H,6-10H2. The van der Waals surface area contributed by atoms with Crippen LogP contribution in [0.1, 0.15) is 37.4 Å². The maximum absolute atomic E-state index is 12.5. The molecule has 1 aliphatic rings. The molecule has 0 amide bonds. The van der Waals surface area contributed by atoms with Crippen LogP contribution in [0.4, 0.5) is 13.2 Å². The largest absolute Gasteiger partial charge is 0.391 e. The summed E-state index contributed by atoms with van der Waals surface area (Å²) in [7, 11) is 0. The van der Waals surface area contributed by atoms with Gasteiger partial charge in [0.15, 0.2) is 0 Å². The van der Waals surface area contributed by atoms with Crippen molar-refractivity contribution in [3.8, 4) is 0 Å². The second-order valence-electron chi connectivity index (χ2n) is 5.42. The van der Waals surface area contributed by atoms with Crippen LogP contribution in [-0.2, 0) is 0 Å². The first-order valence-corrected chi connectivity index (χ1v) is 7.00. The van der Waals surface area contributed by atoms with Gasteiger partial charge >= 0.3 is 6.18 Å². The van der Waals surface area contributed by atoms with Gasteiger partial charge in [-0.05, 0) is 31.2 Å². The molecule has 2 N–H and O–H groups in total. The summed E-state index contributed by atoms with van der Waals surface area (Å²) in [6.07, 6.45) is -3.27. The van der Waals surface area contributed by atoms with E-state index in [-0.39, 0.29) is 18.9 Å². The average molecular weight is 287 g/mol. The molecule has 2 rings (SSSR count). The number of hydrogen-bond acceptors (Lipinski definition) is 2. The van der Waals surface area contributed by atoms with Gasteiger partial charge in [-0.2, -0.15) is 13.2 Å². The Morgan fingerprint density at radius 1 is 1.10 bits per heavy atom. The van der Waals surface area contributed by atoms with Crippen LogP contribution in [0.5, 0.6) is 0 Å². The van der Waals surface area contributed by atoms with Gasteiger partial charge in [0.25, 0.3) is 0 Å². The highest BCUT2D eigenvalue weighted by molar-refractivity contribution is 5.17. The van der Waals surface area contributed by atoms with Crippen LogP contribution in [0.15, 0.2) is 30.3 Å². The highest BCUT2D eigenvalue weighted by atomic mass is 19.4. The molecular formula is C15H20F3NO. The molecule has 0 heterocycles. The number of hydrogen-bond donors (Lipinski definition) is 2. The van der Waals surface area contributed by atoms with Crippen molar-refractivity contribution < 1.29 is 18.3 Å². The maximum Gasteiger partial charge on any atom is 0.391 e. The highest BCUT2D eigenvalue weighted by Gasteiger charge is 2.41. The number of halogens is 3. The summed E-state index contributed by atoms with van der Waals surface area (Å²) in [6.45, 7) is 0.380. The van der Waals surface area contributed by atoms with Crippen molar-refractivity contribution in [1.29, 1.82) is 0 Å². The minimum Gasteiger partial charge on any atom is -0.387 e. The van der Waals surface area contributed by atoms with E-state index in [1.54, 1.807) is 0 Å². The lowest BCUT2D eigenvalue weighted by atomic mass is 9.85. The Morgan fingerprint density at radius 3 is 2.25 bits per heavy atom. The van der Waals surface area contributed by atoms with Gasteiger partial charge in [-0.15, -0.1) is 0 Å². The van der Waals surface area contributed by atoms with Crippen molar-refractivity contribution in [2.45, 2.75) is 44.0 Å². The zero-order valence-corrected chi connectivity index (χ0v) is 11.2. The predicted octanol–water partition coefficient (Wildman–Crippen LogP) is 3.43. The molecule has 1 unspecified atom stereocenters. The molecule has 1 aliphatic carbocycles. The van der Waals surface area contributed by atoms with Gasteiger partial charge < -0.3 is 10.4 Å². The van der Waals surface area contributed by atoms with E-state index in [2.05, 4.69) is 5.32 Å². The summed E-state index contributed by atoms with van der Waals surface area (Å²) in [5.41, 5.74) is 0.823. The molecule has 1 aromatic carbocycles. The van der Waals surface area contributed by atoms with E-state index >= 15 is 0 Å². The number of aliphatic hydroxyl groups excluding tert-OH is 1. The Balaban J connectivity index is 1.74. The van der Waals surface area contributed by atoms with Gasteiger partial charge in [0.2, 0.25) is 0 Å². The van der Waals surface area contributed by atoms with Crippen LogP contribution in [0.3, 0.4) is 0 Å². The van der Waals surface area contributed by atoms with Crippen LogP contribution in [-0.4, -0.2) is 23.9 Å². The SMILES string of the molecule is OC(CNC1CCC(C(F)(F)F)CC1)c1ccccc1. The molecule has 0 bridgehead atoms. The quantitative estimate of drug-likeness (QED) is 0.889. The molecule has 0 aliphatic heterocycles. The van der Waals surface area contributed by atoms with Crippen molar-refractivity contribution in [2.24, 2.45) is 5.92 Å². The Hall–Kier alpha value is -1.07. The molecule has 0 saturated heterocycles.